The molecule has 6 nitrogen and oxygen atoms in total. The van der Waals surface area contributed by atoms with Gasteiger partial charge in [0, 0.05) is 5.69 Å². The fraction of sp³-hybridized carbons (Fsp3) is 0.529. The summed E-state index contributed by atoms with van der Waals surface area (Å²) < 4.78 is 44.5. The second-order valence-corrected chi connectivity index (χ2v) is 6.36. The minimum atomic E-state index is -4.73. The van der Waals surface area contributed by atoms with Crippen molar-refractivity contribution in [3.63, 3.8) is 0 Å². The van der Waals surface area contributed by atoms with Crippen LogP contribution < -0.4 is 10.6 Å². The van der Waals surface area contributed by atoms with Gasteiger partial charge in [-0.15, -0.1) is 0 Å². The summed E-state index contributed by atoms with van der Waals surface area (Å²) in [6.45, 7) is 2.53. The van der Waals surface area contributed by atoms with Crippen LogP contribution in [0.3, 0.4) is 0 Å². The topological polar surface area (TPSA) is 94.4 Å². The van der Waals surface area contributed by atoms with Gasteiger partial charge >= 0.3 is 6.18 Å². The van der Waals surface area contributed by atoms with Gasteiger partial charge in [0.15, 0.2) is 5.60 Å². The number of ether oxygens (including phenoxy) is 1. The number of piperidine rings is 1. The summed E-state index contributed by atoms with van der Waals surface area (Å²) in [4.78, 5) is 12.2. The van der Waals surface area contributed by atoms with Gasteiger partial charge in [0.1, 0.15) is 0 Å². The highest BCUT2D eigenvalue weighted by Crippen LogP contribution is 2.33. The Labute approximate surface area is 148 Å². The molecule has 1 aliphatic rings. The molecule has 1 aromatic carbocycles. The minimum Gasteiger partial charge on any atom is -0.378 e. The number of carbonyl (C=O) groups excluding carboxylic acids is 1. The number of nitriles is 1. The van der Waals surface area contributed by atoms with E-state index in [9.17, 15) is 23.1 Å². The SMILES string of the molecule is CC(O)(COC1CCNCC1)C(=O)Nc1ccc(C#N)c(C(F)(F)F)c1. The van der Waals surface area contributed by atoms with Crippen LogP contribution in [0, 0.1) is 11.3 Å². The summed E-state index contributed by atoms with van der Waals surface area (Å²) in [6.07, 6.45) is -3.31. The summed E-state index contributed by atoms with van der Waals surface area (Å²) in [5.74, 6) is -0.885. The van der Waals surface area contributed by atoms with Crippen molar-refractivity contribution >= 4 is 11.6 Å². The Morgan fingerprint density at radius 1 is 1.42 bits per heavy atom. The Morgan fingerprint density at radius 2 is 2.08 bits per heavy atom. The van der Waals surface area contributed by atoms with Gasteiger partial charge in [0.25, 0.3) is 5.91 Å². The van der Waals surface area contributed by atoms with E-state index in [-0.39, 0.29) is 18.4 Å². The maximum Gasteiger partial charge on any atom is 0.417 e. The third-order valence-electron chi connectivity index (χ3n) is 4.08. The first-order valence-corrected chi connectivity index (χ1v) is 8.11. The lowest BCUT2D eigenvalue weighted by molar-refractivity contribution is -0.142. The Kier molecular flexibility index (Phi) is 6.23. The summed E-state index contributed by atoms with van der Waals surface area (Å²) in [6, 6.07) is 4.28. The lowest BCUT2D eigenvalue weighted by Gasteiger charge is -2.28. The molecule has 0 spiro atoms. The second kappa shape index (κ2) is 8.03. The van der Waals surface area contributed by atoms with E-state index in [0.29, 0.717) is 6.07 Å². The summed E-state index contributed by atoms with van der Waals surface area (Å²) in [7, 11) is 0. The predicted molar refractivity (Wildman–Crippen MR) is 87.3 cm³/mol. The van der Waals surface area contributed by atoms with Crippen LogP contribution in [0.5, 0.6) is 0 Å². The Bertz CT molecular complexity index is 693. The van der Waals surface area contributed by atoms with E-state index in [1.165, 1.54) is 19.1 Å². The average Bonchev–Trinajstić information content (AvgIpc) is 2.60. The molecule has 3 N–H and O–H groups in total. The van der Waals surface area contributed by atoms with Crippen molar-refractivity contribution in [2.24, 2.45) is 0 Å². The summed E-state index contributed by atoms with van der Waals surface area (Å²) >= 11 is 0. The van der Waals surface area contributed by atoms with Gasteiger partial charge < -0.3 is 20.5 Å². The molecule has 1 aliphatic heterocycles. The van der Waals surface area contributed by atoms with Gasteiger partial charge in [-0.25, -0.2) is 0 Å². The molecule has 1 fully saturated rings. The zero-order chi connectivity index (χ0) is 19.4. The van der Waals surface area contributed by atoms with Crippen molar-refractivity contribution in [1.29, 1.82) is 5.26 Å². The highest BCUT2D eigenvalue weighted by Gasteiger charge is 2.35. The van der Waals surface area contributed by atoms with Crippen LogP contribution in [0.15, 0.2) is 18.2 Å². The van der Waals surface area contributed by atoms with Gasteiger partial charge in [-0.3, -0.25) is 4.79 Å². The number of benzene rings is 1. The number of nitrogens with zero attached hydrogens (tertiary/aromatic N) is 1. The Balaban J connectivity index is 2.04. The van der Waals surface area contributed by atoms with Crippen LogP contribution in [0.25, 0.3) is 0 Å². The fourth-order valence-electron chi connectivity index (χ4n) is 2.53. The van der Waals surface area contributed by atoms with Gasteiger partial charge in [-0.2, -0.15) is 18.4 Å². The number of hydrogen-bond donors (Lipinski definition) is 3. The number of amides is 1. The van der Waals surface area contributed by atoms with E-state index >= 15 is 0 Å². The standard InChI is InChI=1S/C17H20F3N3O3/c1-16(25,10-26-13-4-6-22-7-5-13)15(24)23-12-3-2-11(9-21)14(8-12)17(18,19)20/h2-3,8,13,22,25H,4-7,10H2,1H3,(H,23,24). The van der Waals surface area contributed by atoms with E-state index in [0.717, 1.165) is 32.0 Å². The predicted octanol–water partition coefficient (Wildman–Crippen LogP) is 2.04. The van der Waals surface area contributed by atoms with Crippen LogP contribution in [-0.4, -0.2) is 42.4 Å². The Hall–Kier alpha value is -2.15. The fourth-order valence-corrected chi connectivity index (χ4v) is 2.53. The molecule has 1 heterocycles. The molecule has 1 saturated heterocycles. The number of aliphatic hydroxyl groups is 1. The second-order valence-electron chi connectivity index (χ2n) is 6.36. The first-order chi connectivity index (χ1) is 12.1. The lowest BCUT2D eigenvalue weighted by Crippen LogP contribution is -2.46. The first-order valence-electron chi connectivity index (χ1n) is 8.11. The van der Waals surface area contributed by atoms with Crippen molar-refractivity contribution in [1.82, 2.24) is 5.32 Å². The van der Waals surface area contributed by atoms with E-state index in [4.69, 9.17) is 10.00 Å². The van der Waals surface area contributed by atoms with Crippen LogP contribution in [0.2, 0.25) is 0 Å². The molecule has 142 valence electrons. The zero-order valence-electron chi connectivity index (χ0n) is 14.2. The summed E-state index contributed by atoms with van der Waals surface area (Å²) in [5, 5.41) is 24.5. The third kappa shape index (κ3) is 5.17. The number of hydrogen-bond acceptors (Lipinski definition) is 5. The molecule has 1 unspecified atom stereocenters. The van der Waals surface area contributed by atoms with Crippen molar-refractivity contribution in [2.45, 2.75) is 37.6 Å². The molecule has 2 rings (SSSR count). The van der Waals surface area contributed by atoms with Gasteiger partial charge in [-0.05, 0) is 51.1 Å². The maximum atomic E-state index is 13.0. The molecule has 9 heteroatoms. The molecule has 0 aromatic heterocycles. The van der Waals surface area contributed by atoms with Crippen LogP contribution >= 0.6 is 0 Å². The number of anilines is 1. The van der Waals surface area contributed by atoms with Gasteiger partial charge in [0.05, 0.1) is 29.9 Å². The third-order valence-corrected chi connectivity index (χ3v) is 4.08. The average molecular weight is 371 g/mol. The van der Waals surface area contributed by atoms with Gasteiger partial charge in [0.2, 0.25) is 0 Å². The van der Waals surface area contributed by atoms with Crippen LogP contribution in [0.1, 0.15) is 30.9 Å². The molecular weight excluding hydrogens is 351 g/mol. The minimum absolute atomic E-state index is 0.0812. The van der Waals surface area contributed by atoms with Gasteiger partial charge in [-0.1, -0.05) is 0 Å². The van der Waals surface area contributed by atoms with E-state index in [2.05, 4.69) is 10.6 Å². The molecule has 0 bridgehead atoms. The molecule has 1 aromatic rings. The molecule has 0 aliphatic carbocycles. The largest absolute Gasteiger partial charge is 0.417 e. The monoisotopic (exact) mass is 371 g/mol. The normalized spacial score (nSPS) is 18.0. The molecule has 26 heavy (non-hydrogen) atoms. The number of nitrogens with one attached hydrogen (secondary N) is 2. The highest BCUT2D eigenvalue weighted by atomic mass is 19.4. The van der Waals surface area contributed by atoms with Crippen LogP contribution in [-0.2, 0) is 15.7 Å². The van der Waals surface area contributed by atoms with Crippen molar-refractivity contribution in [2.75, 3.05) is 25.0 Å². The van der Waals surface area contributed by atoms with Crippen molar-refractivity contribution in [3.05, 3.63) is 29.3 Å². The zero-order valence-corrected chi connectivity index (χ0v) is 14.2. The molecule has 0 saturated carbocycles. The van der Waals surface area contributed by atoms with E-state index in [1.807, 2.05) is 0 Å². The number of halogens is 3. The molecule has 0 radical (unpaired) electrons. The van der Waals surface area contributed by atoms with E-state index in [1.54, 1.807) is 0 Å². The van der Waals surface area contributed by atoms with Crippen molar-refractivity contribution < 1.29 is 27.8 Å². The number of carbonyl (C=O) groups is 1. The first kappa shape index (κ1) is 20.2. The quantitative estimate of drug-likeness (QED) is 0.736. The maximum absolute atomic E-state index is 13.0. The molecular formula is C17H20F3N3O3. The summed E-state index contributed by atoms with van der Waals surface area (Å²) in [5.41, 5.74) is -3.76. The number of rotatable bonds is 5. The molecule has 1 atom stereocenters. The smallest absolute Gasteiger partial charge is 0.378 e. The van der Waals surface area contributed by atoms with E-state index < -0.39 is 28.8 Å². The van der Waals surface area contributed by atoms with Crippen molar-refractivity contribution in [3.8, 4) is 6.07 Å². The van der Waals surface area contributed by atoms with Crippen LogP contribution in [0.4, 0.5) is 18.9 Å². The lowest BCUT2D eigenvalue weighted by atomic mass is 10.0. The Morgan fingerprint density at radius 3 is 2.65 bits per heavy atom. The molecule has 1 amide bonds. The number of alkyl halides is 3. The highest BCUT2D eigenvalue weighted by molar-refractivity contribution is 5.97.